The van der Waals surface area contributed by atoms with Gasteiger partial charge < -0.3 is 4.74 Å². The Kier molecular flexibility index (Phi) is 6.24. The molecule has 0 bridgehead atoms. The van der Waals surface area contributed by atoms with Crippen molar-refractivity contribution < 1.29 is 9.53 Å². The van der Waals surface area contributed by atoms with Crippen molar-refractivity contribution in [3.8, 4) is 17.0 Å². The number of nitrogens with zero attached hydrogens (tertiary/aromatic N) is 1. The lowest BCUT2D eigenvalue weighted by Crippen LogP contribution is -2.20. The highest BCUT2D eigenvalue weighted by molar-refractivity contribution is 7.16. The van der Waals surface area contributed by atoms with E-state index in [-0.39, 0.29) is 12.5 Å². The molecule has 1 aromatic heterocycles. The van der Waals surface area contributed by atoms with Crippen LogP contribution in [0.1, 0.15) is 29.3 Å². The highest BCUT2D eigenvalue weighted by Gasteiger charge is 2.12. The predicted octanol–water partition coefficient (Wildman–Crippen LogP) is 5.40. The summed E-state index contributed by atoms with van der Waals surface area (Å²) in [6.45, 7) is 6.18. The molecule has 5 heteroatoms. The zero-order chi connectivity index (χ0) is 19.2. The number of hydrogen-bond donors (Lipinski definition) is 1. The topological polar surface area (TPSA) is 51.2 Å². The van der Waals surface area contributed by atoms with Crippen LogP contribution in [0.4, 0.5) is 5.13 Å². The summed E-state index contributed by atoms with van der Waals surface area (Å²) in [4.78, 5) is 17.8. The van der Waals surface area contributed by atoms with E-state index in [0.717, 1.165) is 29.0 Å². The summed E-state index contributed by atoms with van der Waals surface area (Å²) in [5, 5.41) is 3.42. The first-order valence-corrected chi connectivity index (χ1v) is 9.93. The van der Waals surface area contributed by atoms with Crippen LogP contribution >= 0.6 is 11.3 Å². The van der Waals surface area contributed by atoms with Crippen molar-refractivity contribution in [2.75, 3.05) is 11.9 Å². The summed E-state index contributed by atoms with van der Waals surface area (Å²) in [6.07, 6.45) is 2.16. The van der Waals surface area contributed by atoms with Gasteiger partial charge in [0.05, 0.1) is 5.69 Å². The van der Waals surface area contributed by atoms with Crippen LogP contribution in [-0.2, 0) is 11.2 Å². The lowest BCUT2D eigenvalue weighted by Gasteiger charge is -2.06. The molecule has 0 unspecified atom stereocenters. The van der Waals surface area contributed by atoms with Crippen molar-refractivity contribution in [3.63, 3.8) is 0 Å². The quantitative estimate of drug-likeness (QED) is 0.597. The molecule has 3 rings (SSSR count). The number of ether oxygens (including phenoxy) is 1. The Bertz CT molecular complexity index is 899. The fourth-order valence-electron chi connectivity index (χ4n) is 2.77. The molecule has 140 valence electrons. The molecule has 3 aromatic rings. The molecular weight excluding hydrogens is 356 g/mol. The van der Waals surface area contributed by atoms with E-state index in [1.54, 1.807) is 0 Å². The third kappa shape index (κ3) is 5.17. The number of amides is 1. The number of hydrogen-bond acceptors (Lipinski definition) is 4. The number of rotatable bonds is 7. The third-order valence-corrected chi connectivity index (χ3v) is 5.09. The standard InChI is InChI=1S/C22H24N2O2S/c1-4-5-17-8-12-19(13-9-17)26-14-20(25)23-22-24-21(16(3)27-22)18-10-6-15(2)7-11-18/h6-13H,4-5,14H2,1-3H3,(H,23,24,25). The second kappa shape index (κ2) is 8.82. The van der Waals surface area contributed by atoms with Crippen molar-refractivity contribution in [2.24, 2.45) is 0 Å². The molecule has 0 radical (unpaired) electrons. The molecule has 1 N–H and O–H groups in total. The van der Waals surface area contributed by atoms with E-state index in [1.165, 1.54) is 22.5 Å². The average molecular weight is 381 g/mol. The smallest absolute Gasteiger partial charge is 0.264 e. The number of carbonyl (C=O) groups is 1. The molecule has 0 fully saturated rings. The largest absolute Gasteiger partial charge is 0.484 e. The van der Waals surface area contributed by atoms with Crippen molar-refractivity contribution in [2.45, 2.75) is 33.6 Å². The van der Waals surface area contributed by atoms with Crippen LogP contribution in [0.5, 0.6) is 5.75 Å². The molecule has 0 aliphatic rings. The van der Waals surface area contributed by atoms with Gasteiger partial charge in [0.1, 0.15) is 5.75 Å². The first-order valence-electron chi connectivity index (χ1n) is 9.11. The van der Waals surface area contributed by atoms with Gasteiger partial charge >= 0.3 is 0 Å². The molecular formula is C22H24N2O2S. The second-order valence-corrected chi connectivity index (χ2v) is 7.72. The molecule has 0 atom stereocenters. The summed E-state index contributed by atoms with van der Waals surface area (Å²) >= 11 is 1.47. The van der Waals surface area contributed by atoms with Crippen molar-refractivity contribution >= 4 is 22.4 Å². The molecule has 2 aromatic carbocycles. The van der Waals surface area contributed by atoms with E-state index in [2.05, 4.69) is 36.3 Å². The molecule has 1 heterocycles. The fourth-order valence-corrected chi connectivity index (χ4v) is 3.63. The van der Waals surface area contributed by atoms with E-state index in [4.69, 9.17) is 4.74 Å². The Balaban J connectivity index is 1.58. The highest BCUT2D eigenvalue weighted by Crippen LogP contribution is 2.30. The van der Waals surface area contributed by atoms with Crippen LogP contribution in [0.3, 0.4) is 0 Å². The summed E-state index contributed by atoms with van der Waals surface area (Å²) < 4.78 is 5.57. The maximum Gasteiger partial charge on any atom is 0.264 e. The van der Waals surface area contributed by atoms with E-state index < -0.39 is 0 Å². The maximum atomic E-state index is 12.2. The fraction of sp³-hybridized carbons (Fsp3) is 0.273. The van der Waals surface area contributed by atoms with Crippen molar-refractivity contribution in [3.05, 3.63) is 64.5 Å². The lowest BCUT2D eigenvalue weighted by molar-refractivity contribution is -0.118. The van der Waals surface area contributed by atoms with Gasteiger partial charge in [-0.05, 0) is 38.0 Å². The van der Waals surface area contributed by atoms with Gasteiger partial charge in [0, 0.05) is 10.4 Å². The summed E-state index contributed by atoms with van der Waals surface area (Å²) in [7, 11) is 0. The Morgan fingerprint density at radius 3 is 2.44 bits per heavy atom. The van der Waals surface area contributed by atoms with E-state index in [9.17, 15) is 4.79 Å². The molecule has 0 saturated heterocycles. The van der Waals surface area contributed by atoms with Crippen LogP contribution in [0, 0.1) is 13.8 Å². The number of aromatic nitrogens is 1. The number of aryl methyl sites for hydroxylation is 3. The van der Waals surface area contributed by atoms with Gasteiger partial charge in [-0.15, -0.1) is 11.3 Å². The first-order chi connectivity index (χ1) is 13.0. The number of carbonyl (C=O) groups excluding carboxylic acids is 1. The SMILES string of the molecule is CCCc1ccc(OCC(=O)Nc2nc(-c3ccc(C)cc3)c(C)s2)cc1. The van der Waals surface area contributed by atoms with Gasteiger partial charge in [-0.1, -0.05) is 55.3 Å². The predicted molar refractivity (Wildman–Crippen MR) is 112 cm³/mol. The second-order valence-electron chi connectivity index (χ2n) is 6.52. The molecule has 0 saturated carbocycles. The number of anilines is 1. The minimum Gasteiger partial charge on any atom is -0.484 e. The van der Waals surface area contributed by atoms with E-state index in [0.29, 0.717) is 10.9 Å². The number of benzene rings is 2. The van der Waals surface area contributed by atoms with Crippen LogP contribution in [0.15, 0.2) is 48.5 Å². The summed E-state index contributed by atoms with van der Waals surface area (Å²) in [5.74, 6) is 0.484. The Morgan fingerprint density at radius 1 is 1.07 bits per heavy atom. The van der Waals surface area contributed by atoms with Gasteiger partial charge in [-0.3, -0.25) is 10.1 Å². The van der Waals surface area contributed by atoms with Crippen molar-refractivity contribution in [1.82, 2.24) is 4.98 Å². The molecule has 0 aliphatic heterocycles. The van der Waals surface area contributed by atoms with E-state index in [1.807, 2.05) is 43.3 Å². The molecule has 27 heavy (non-hydrogen) atoms. The monoisotopic (exact) mass is 380 g/mol. The minimum absolute atomic E-state index is 0.0361. The van der Waals surface area contributed by atoms with Crippen LogP contribution in [0.2, 0.25) is 0 Å². The average Bonchev–Trinajstić information content (AvgIpc) is 3.02. The van der Waals surface area contributed by atoms with Crippen LogP contribution < -0.4 is 10.1 Å². The molecule has 4 nitrogen and oxygen atoms in total. The Hall–Kier alpha value is -2.66. The molecule has 1 amide bonds. The van der Waals surface area contributed by atoms with Gasteiger partial charge in [-0.2, -0.15) is 0 Å². The van der Waals surface area contributed by atoms with Crippen molar-refractivity contribution in [1.29, 1.82) is 0 Å². The maximum absolute atomic E-state index is 12.2. The number of thiazole rings is 1. The van der Waals surface area contributed by atoms with Gasteiger partial charge in [0.25, 0.3) is 5.91 Å². The Labute approximate surface area is 164 Å². The van der Waals surface area contributed by atoms with Gasteiger partial charge in [0.2, 0.25) is 0 Å². The zero-order valence-corrected chi connectivity index (χ0v) is 16.7. The lowest BCUT2D eigenvalue weighted by atomic mass is 10.1. The van der Waals surface area contributed by atoms with Gasteiger partial charge in [-0.25, -0.2) is 4.98 Å². The first kappa shape index (κ1) is 19.1. The third-order valence-electron chi connectivity index (χ3n) is 4.20. The van der Waals surface area contributed by atoms with E-state index >= 15 is 0 Å². The van der Waals surface area contributed by atoms with Crippen LogP contribution in [0.25, 0.3) is 11.3 Å². The molecule has 0 spiro atoms. The zero-order valence-electron chi connectivity index (χ0n) is 15.9. The minimum atomic E-state index is -0.211. The number of nitrogens with one attached hydrogen (secondary N) is 1. The summed E-state index contributed by atoms with van der Waals surface area (Å²) in [5.41, 5.74) is 4.44. The normalized spacial score (nSPS) is 10.6. The highest BCUT2D eigenvalue weighted by atomic mass is 32.1. The Morgan fingerprint density at radius 2 is 1.78 bits per heavy atom. The van der Waals surface area contributed by atoms with Gasteiger partial charge in [0.15, 0.2) is 11.7 Å². The van der Waals surface area contributed by atoms with Crippen LogP contribution in [-0.4, -0.2) is 17.5 Å². The summed E-state index contributed by atoms with van der Waals surface area (Å²) in [6, 6.07) is 16.1. The molecule has 0 aliphatic carbocycles.